The fraction of sp³-hybridized carbons (Fsp3) is 0.222. The summed E-state index contributed by atoms with van der Waals surface area (Å²) in [4.78, 5) is 16.3. The first-order chi connectivity index (χ1) is 12.0. The molecule has 0 amide bonds. The van der Waals surface area contributed by atoms with Crippen molar-refractivity contribution in [3.8, 4) is 17.2 Å². The second-order valence-electron chi connectivity index (χ2n) is 5.20. The molecule has 3 rings (SSSR count). The lowest BCUT2D eigenvalue weighted by atomic mass is 10.2. The summed E-state index contributed by atoms with van der Waals surface area (Å²) in [5.41, 5.74) is 0.681. The first kappa shape index (κ1) is 16.6. The molecule has 0 saturated heterocycles. The zero-order chi connectivity index (χ0) is 18.0. The van der Waals surface area contributed by atoms with Crippen molar-refractivity contribution in [1.82, 2.24) is 0 Å². The van der Waals surface area contributed by atoms with Crippen LogP contribution in [-0.4, -0.2) is 33.2 Å². The fourth-order valence-electron chi connectivity index (χ4n) is 2.40. The molecule has 2 heterocycles. The maximum absolute atomic E-state index is 12.1. The molecule has 2 aromatic rings. The van der Waals surface area contributed by atoms with Crippen LogP contribution in [0.3, 0.4) is 0 Å². The first-order valence-corrected chi connectivity index (χ1v) is 7.45. The third-order valence-corrected chi connectivity index (χ3v) is 3.57. The highest BCUT2D eigenvalue weighted by molar-refractivity contribution is 6.13. The Hall–Kier alpha value is -3.22. The lowest BCUT2D eigenvalue weighted by molar-refractivity contribution is -0.129. The predicted molar refractivity (Wildman–Crippen MR) is 90.1 cm³/mol. The Balaban J connectivity index is 2.00. The summed E-state index contributed by atoms with van der Waals surface area (Å²) >= 11 is 0. The van der Waals surface area contributed by atoms with Crippen molar-refractivity contribution in [2.45, 2.75) is 6.92 Å². The average Bonchev–Trinajstić information content (AvgIpc) is 3.19. The molecule has 0 atom stereocenters. The molecule has 130 valence electrons. The van der Waals surface area contributed by atoms with Gasteiger partial charge in [-0.15, -0.1) is 0 Å². The molecule has 0 fully saturated rings. The van der Waals surface area contributed by atoms with Crippen LogP contribution in [0.1, 0.15) is 17.1 Å². The number of nitrogens with zero attached hydrogens (tertiary/aromatic N) is 1. The number of carbonyl (C=O) groups is 1. The van der Waals surface area contributed by atoms with E-state index in [1.165, 1.54) is 27.4 Å². The van der Waals surface area contributed by atoms with E-state index in [0.29, 0.717) is 28.6 Å². The Kier molecular flexibility index (Phi) is 4.47. The number of methoxy groups -OCH3 is 3. The minimum absolute atomic E-state index is 0.151. The molecule has 1 aliphatic rings. The van der Waals surface area contributed by atoms with E-state index in [2.05, 4.69) is 4.99 Å². The van der Waals surface area contributed by atoms with Crippen molar-refractivity contribution < 1.29 is 28.2 Å². The van der Waals surface area contributed by atoms with E-state index in [0.717, 1.165) is 5.76 Å². The zero-order valence-electron chi connectivity index (χ0n) is 14.3. The molecule has 0 N–H and O–H groups in total. The van der Waals surface area contributed by atoms with E-state index < -0.39 is 5.97 Å². The van der Waals surface area contributed by atoms with E-state index in [4.69, 9.17) is 23.4 Å². The van der Waals surface area contributed by atoms with Crippen LogP contribution in [0, 0.1) is 6.92 Å². The number of ether oxygens (including phenoxy) is 4. The molecule has 0 unspecified atom stereocenters. The maximum atomic E-state index is 12.1. The van der Waals surface area contributed by atoms with Gasteiger partial charge in [-0.2, -0.15) is 0 Å². The van der Waals surface area contributed by atoms with E-state index in [1.807, 2.05) is 6.92 Å². The quantitative estimate of drug-likeness (QED) is 0.613. The molecule has 1 aromatic heterocycles. The van der Waals surface area contributed by atoms with E-state index >= 15 is 0 Å². The summed E-state index contributed by atoms with van der Waals surface area (Å²) in [6, 6.07) is 6.87. The van der Waals surface area contributed by atoms with Gasteiger partial charge >= 0.3 is 5.97 Å². The van der Waals surface area contributed by atoms with Gasteiger partial charge in [0.15, 0.2) is 17.2 Å². The minimum Gasteiger partial charge on any atom is -0.493 e. The highest BCUT2D eigenvalue weighted by Gasteiger charge is 2.26. The van der Waals surface area contributed by atoms with E-state index in [1.54, 1.807) is 24.3 Å². The SMILES string of the molecule is COc1cc(C2=N/C(=C/c3ccc(C)o3)C(=O)O2)cc(OC)c1OC. The van der Waals surface area contributed by atoms with Crippen molar-refractivity contribution in [3.05, 3.63) is 47.0 Å². The second-order valence-corrected chi connectivity index (χ2v) is 5.20. The van der Waals surface area contributed by atoms with Crippen LogP contribution < -0.4 is 14.2 Å². The molecule has 0 spiro atoms. The Bertz CT molecular complexity index is 852. The fourth-order valence-corrected chi connectivity index (χ4v) is 2.40. The number of cyclic esters (lactones) is 1. The number of aryl methyl sites for hydroxylation is 1. The van der Waals surface area contributed by atoms with Crippen LogP contribution >= 0.6 is 0 Å². The van der Waals surface area contributed by atoms with Gasteiger partial charge in [-0.05, 0) is 31.2 Å². The van der Waals surface area contributed by atoms with Gasteiger partial charge in [0.1, 0.15) is 11.5 Å². The lowest BCUT2D eigenvalue weighted by Gasteiger charge is -2.13. The van der Waals surface area contributed by atoms with Crippen LogP contribution in [0.25, 0.3) is 6.08 Å². The number of esters is 1. The number of benzene rings is 1. The van der Waals surface area contributed by atoms with Gasteiger partial charge in [-0.3, -0.25) is 0 Å². The van der Waals surface area contributed by atoms with Crippen molar-refractivity contribution in [1.29, 1.82) is 0 Å². The number of carbonyl (C=O) groups excluding carboxylic acids is 1. The zero-order valence-corrected chi connectivity index (χ0v) is 14.3. The van der Waals surface area contributed by atoms with Crippen molar-refractivity contribution >= 4 is 17.9 Å². The van der Waals surface area contributed by atoms with Crippen LogP contribution in [0.4, 0.5) is 0 Å². The monoisotopic (exact) mass is 343 g/mol. The topological polar surface area (TPSA) is 79.5 Å². The number of hydrogen-bond donors (Lipinski definition) is 0. The molecular weight excluding hydrogens is 326 g/mol. The normalized spacial score (nSPS) is 15.1. The highest BCUT2D eigenvalue weighted by atomic mass is 16.6. The van der Waals surface area contributed by atoms with E-state index in [-0.39, 0.29) is 11.6 Å². The molecule has 1 aromatic carbocycles. The van der Waals surface area contributed by atoms with Crippen LogP contribution in [0.2, 0.25) is 0 Å². The first-order valence-electron chi connectivity index (χ1n) is 7.45. The highest BCUT2D eigenvalue weighted by Crippen LogP contribution is 2.39. The van der Waals surface area contributed by atoms with Gasteiger partial charge in [0.25, 0.3) is 0 Å². The second kappa shape index (κ2) is 6.72. The van der Waals surface area contributed by atoms with Gasteiger partial charge in [-0.25, -0.2) is 9.79 Å². The number of rotatable bonds is 5. The number of furan rings is 1. The summed E-state index contributed by atoms with van der Waals surface area (Å²) in [6.45, 7) is 1.82. The largest absolute Gasteiger partial charge is 0.493 e. The third kappa shape index (κ3) is 3.21. The molecule has 25 heavy (non-hydrogen) atoms. The molecule has 0 radical (unpaired) electrons. The van der Waals surface area contributed by atoms with Crippen molar-refractivity contribution in [2.75, 3.05) is 21.3 Å². The third-order valence-electron chi connectivity index (χ3n) is 3.57. The molecule has 0 bridgehead atoms. The predicted octanol–water partition coefficient (Wildman–Crippen LogP) is 2.96. The maximum Gasteiger partial charge on any atom is 0.363 e. The van der Waals surface area contributed by atoms with Crippen LogP contribution in [0.5, 0.6) is 17.2 Å². The number of hydrogen-bond acceptors (Lipinski definition) is 7. The summed E-state index contributed by atoms with van der Waals surface area (Å²) in [7, 11) is 4.53. The smallest absolute Gasteiger partial charge is 0.363 e. The molecule has 0 aliphatic carbocycles. The van der Waals surface area contributed by atoms with Gasteiger partial charge < -0.3 is 23.4 Å². The Labute approximate surface area is 144 Å². The summed E-state index contributed by atoms with van der Waals surface area (Å²) in [5, 5.41) is 0. The Morgan fingerprint density at radius 2 is 1.72 bits per heavy atom. The number of aliphatic imine (C=N–C) groups is 1. The molecule has 7 nitrogen and oxygen atoms in total. The van der Waals surface area contributed by atoms with Crippen LogP contribution in [-0.2, 0) is 9.53 Å². The molecular formula is C18H17NO6. The minimum atomic E-state index is -0.558. The summed E-state index contributed by atoms with van der Waals surface area (Å²) in [5.74, 6) is 2.19. The van der Waals surface area contributed by atoms with Crippen molar-refractivity contribution in [2.24, 2.45) is 4.99 Å². The summed E-state index contributed by atoms with van der Waals surface area (Å²) in [6.07, 6.45) is 1.53. The van der Waals surface area contributed by atoms with Crippen molar-refractivity contribution in [3.63, 3.8) is 0 Å². The van der Waals surface area contributed by atoms with Gasteiger partial charge in [0.2, 0.25) is 11.6 Å². The Morgan fingerprint density at radius 3 is 2.24 bits per heavy atom. The molecule has 7 heteroatoms. The molecule has 1 aliphatic heterocycles. The van der Waals surface area contributed by atoms with Gasteiger partial charge in [-0.1, -0.05) is 0 Å². The summed E-state index contributed by atoms with van der Waals surface area (Å²) < 4.78 is 26.6. The van der Waals surface area contributed by atoms with Gasteiger partial charge in [0.05, 0.1) is 21.3 Å². The van der Waals surface area contributed by atoms with E-state index in [9.17, 15) is 4.79 Å². The van der Waals surface area contributed by atoms with Gasteiger partial charge in [0, 0.05) is 11.6 Å². The standard InChI is InChI=1S/C18H17NO6/c1-10-5-6-12(24-10)9-13-18(20)25-17(19-13)11-7-14(21-2)16(23-4)15(8-11)22-3/h5-9H,1-4H3/b13-9+. The van der Waals surface area contributed by atoms with Crippen LogP contribution in [0.15, 0.2) is 39.4 Å². The average molecular weight is 343 g/mol. The lowest BCUT2D eigenvalue weighted by Crippen LogP contribution is -2.06. The molecule has 0 saturated carbocycles. The Morgan fingerprint density at radius 1 is 1.04 bits per heavy atom.